The summed E-state index contributed by atoms with van der Waals surface area (Å²) >= 11 is 0. The number of aromatic nitrogens is 1. The Labute approximate surface area is 84.7 Å². The van der Waals surface area contributed by atoms with Crippen LogP contribution in [-0.4, -0.2) is 29.9 Å². The van der Waals surface area contributed by atoms with Crippen LogP contribution in [0.2, 0.25) is 0 Å². The van der Waals surface area contributed by atoms with Crippen LogP contribution in [0.4, 0.5) is 14.6 Å². The van der Waals surface area contributed by atoms with E-state index in [0.717, 1.165) is 0 Å². The number of pyridine rings is 1. The number of hydrogen-bond acceptors (Lipinski definition) is 3. The molecule has 15 heavy (non-hydrogen) atoms. The number of primary amides is 1. The van der Waals surface area contributed by atoms with Crippen LogP contribution >= 0.6 is 0 Å². The monoisotopic (exact) mass is 212 g/mol. The summed E-state index contributed by atoms with van der Waals surface area (Å²) in [5.74, 6) is -3.05. The zero-order chi connectivity index (χ0) is 11.1. The number of alkyl halides is 2. The van der Waals surface area contributed by atoms with Crippen molar-refractivity contribution in [3.8, 4) is 0 Å². The van der Waals surface area contributed by atoms with Gasteiger partial charge in [0, 0.05) is 6.07 Å². The molecule has 0 atom stereocenters. The molecule has 0 unspecified atom stereocenters. The summed E-state index contributed by atoms with van der Waals surface area (Å²) in [6.07, 6.45) is 0. The van der Waals surface area contributed by atoms with Crippen molar-refractivity contribution in [2.45, 2.75) is 5.92 Å². The topological polar surface area (TPSA) is 59.2 Å². The maximum absolute atomic E-state index is 12.6. The average Bonchev–Trinajstić information content (AvgIpc) is 2.14. The van der Waals surface area contributed by atoms with Crippen molar-refractivity contribution in [2.75, 3.05) is 18.0 Å². The standard InChI is InChI=1S/C9H8F2N3O/c10-9(11)4-14(5-9)7-3-1-2-6(13-7)8(12)15/h1,3H,4-5H2,(H2,12,15). The van der Waals surface area contributed by atoms with Gasteiger partial charge in [0.25, 0.3) is 11.8 Å². The average molecular weight is 212 g/mol. The summed E-state index contributed by atoms with van der Waals surface area (Å²) < 4.78 is 25.1. The van der Waals surface area contributed by atoms with Gasteiger partial charge in [0.1, 0.15) is 11.5 Å². The molecule has 4 nitrogen and oxygen atoms in total. The molecule has 2 N–H and O–H groups in total. The van der Waals surface area contributed by atoms with Gasteiger partial charge in [-0.2, -0.15) is 0 Å². The lowest BCUT2D eigenvalue weighted by Gasteiger charge is -2.39. The van der Waals surface area contributed by atoms with Gasteiger partial charge < -0.3 is 10.6 Å². The van der Waals surface area contributed by atoms with Crippen molar-refractivity contribution in [3.63, 3.8) is 0 Å². The molecule has 1 saturated heterocycles. The van der Waals surface area contributed by atoms with Gasteiger partial charge >= 0.3 is 0 Å². The molecule has 1 radical (unpaired) electrons. The molecular formula is C9H8F2N3O. The smallest absolute Gasteiger partial charge is 0.282 e. The Morgan fingerprint density at radius 1 is 1.60 bits per heavy atom. The molecule has 1 aromatic heterocycles. The predicted octanol–water partition coefficient (Wildman–Crippen LogP) is 0.436. The highest BCUT2D eigenvalue weighted by molar-refractivity contribution is 5.90. The van der Waals surface area contributed by atoms with E-state index in [-0.39, 0.29) is 18.8 Å². The number of anilines is 1. The van der Waals surface area contributed by atoms with Gasteiger partial charge in [-0.3, -0.25) is 4.79 Å². The molecule has 1 aliphatic heterocycles. The lowest BCUT2D eigenvalue weighted by Crippen LogP contribution is -2.56. The Morgan fingerprint density at radius 2 is 2.27 bits per heavy atom. The van der Waals surface area contributed by atoms with Gasteiger partial charge in [0.05, 0.1) is 13.1 Å². The van der Waals surface area contributed by atoms with Gasteiger partial charge in [-0.1, -0.05) is 0 Å². The minimum atomic E-state index is -2.66. The van der Waals surface area contributed by atoms with Crippen LogP contribution in [0.3, 0.4) is 0 Å². The Bertz CT molecular complexity index is 400. The molecular weight excluding hydrogens is 204 g/mol. The maximum atomic E-state index is 12.6. The number of carbonyl (C=O) groups is 1. The van der Waals surface area contributed by atoms with Gasteiger partial charge in [0.2, 0.25) is 0 Å². The SMILES string of the molecule is NC(=O)c1[c]ccc(N2CC(F)(F)C2)n1. The molecule has 0 bridgehead atoms. The van der Waals surface area contributed by atoms with Crippen LogP contribution in [0.1, 0.15) is 10.5 Å². The number of amides is 1. The second kappa shape index (κ2) is 3.15. The van der Waals surface area contributed by atoms with Gasteiger partial charge in [0.15, 0.2) is 0 Å². The van der Waals surface area contributed by atoms with E-state index in [1.807, 2.05) is 0 Å². The summed E-state index contributed by atoms with van der Waals surface area (Å²) in [6, 6.07) is 5.49. The van der Waals surface area contributed by atoms with E-state index in [0.29, 0.717) is 5.82 Å². The third-order valence-corrected chi connectivity index (χ3v) is 2.08. The number of nitrogens with zero attached hydrogens (tertiary/aromatic N) is 2. The molecule has 0 aromatic carbocycles. The first kappa shape index (κ1) is 9.82. The quantitative estimate of drug-likeness (QED) is 0.773. The molecule has 1 aliphatic rings. The van der Waals surface area contributed by atoms with E-state index in [1.165, 1.54) is 17.0 Å². The molecule has 79 valence electrons. The van der Waals surface area contributed by atoms with Crippen LogP contribution in [0, 0.1) is 6.07 Å². The fourth-order valence-electron chi connectivity index (χ4n) is 1.36. The molecule has 0 saturated carbocycles. The summed E-state index contributed by atoms with van der Waals surface area (Å²) in [4.78, 5) is 16.0. The Morgan fingerprint density at radius 3 is 2.80 bits per heavy atom. The molecule has 1 aromatic rings. The Hall–Kier alpha value is -1.72. The number of rotatable bonds is 2. The van der Waals surface area contributed by atoms with Crippen molar-refractivity contribution < 1.29 is 13.6 Å². The van der Waals surface area contributed by atoms with E-state index in [4.69, 9.17) is 5.73 Å². The normalized spacial score (nSPS) is 18.4. The second-order valence-electron chi connectivity index (χ2n) is 3.37. The molecule has 1 amide bonds. The summed E-state index contributed by atoms with van der Waals surface area (Å²) in [7, 11) is 0. The zero-order valence-corrected chi connectivity index (χ0v) is 7.70. The lowest BCUT2D eigenvalue weighted by atomic mass is 10.1. The summed E-state index contributed by atoms with van der Waals surface area (Å²) in [5, 5.41) is 0. The second-order valence-corrected chi connectivity index (χ2v) is 3.37. The largest absolute Gasteiger partial charge is 0.364 e. The third kappa shape index (κ3) is 1.88. The zero-order valence-electron chi connectivity index (χ0n) is 7.70. The van der Waals surface area contributed by atoms with Crippen molar-refractivity contribution in [2.24, 2.45) is 5.73 Å². The van der Waals surface area contributed by atoms with Gasteiger partial charge in [-0.15, -0.1) is 0 Å². The molecule has 2 rings (SSSR count). The third-order valence-electron chi connectivity index (χ3n) is 2.08. The first-order valence-corrected chi connectivity index (χ1v) is 4.29. The molecule has 1 fully saturated rings. The highest BCUT2D eigenvalue weighted by Crippen LogP contribution is 2.30. The van der Waals surface area contributed by atoms with Crippen molar-refractivity contribution in [3.05, 3.63) is 23.9 Å². The molecule has 2 heterocycles. The van der Waals surface area contributed by atoms with E-state index in [9.17, 15) is 13.6 Å². The van der Waals surface area contributed by atoms with Crippen molar-refractivity contribution in [1.29, 1.82) is 0 Å². The number of carbonyl (C=O) groups excluding carboxylic acids is 1. The lowest BCUT2D eigenvalue weighted by molar-refractivity contribution is -0.0267. The minimum Gasteiger partial charge on any atom is -0.364 e. The van der Waals surface area contributed by atoms with Crippen LogP contribution in [0.5, 0.6) is 0 Å². The van der Waals surface area contributed by atoms with Crippen LogP contribution in [0.15, 0.2) is 12.1 Å². The van der Waals surface area contributed by atoms with Crippen molar-refractivity contribution >= 4 is 11.7 Å². The first-order valence-electron chi connectivity index (χ1n) is 4.29. The van der Waals surface area contributed by atoms with Crippen molar-refractivity contribution in [1.82, 2.24) is 4.98 Å². The summed E-state index contributed by atoms with van der Waals surface area (Å²) in [5.41, 5.74) is 4.96. The maximum Gasteiger partial charge on any atom is 0.282 e. The highest BCUT2D eigenvalue weighted by Gasteiger charge is 2.44. The molecule has 0 spiro atoms. The van der Waals surface area contributed by atoms with E-state index < -0.39 is 11.8 Å². The first-order chi connectivity index (χ1) is 6.98. The van der Waals surface area contributed by atoms with E-state index in [2.05, 4.69) is 11.1 Å². The Kier molecular flexibility index (Phi) is 2.06. The van der Waals surface area contributed by atoms with Gasteiger partial charge in [-0.05, 0) is 12.1 Å². The van der Waals surface area contributed by atoms with Gasteiger partial charge in [-0.25, -0.2) is 13.8 Å². The minimum absolute atomic E-state index is 0.0392. The fraction of sp³-hybridized carbons (Fsp3) is 0.333. The van der Waals surface area contributed by atoms with E-state index in [1.54, 1.807) is 0 Å². The molecule has 0 aliphatic carbocycles. The fourth-order valence-corrected chi connectivity index (χ4v) is 1.36. The molecule has 6 heteroatoms. The van der Waals surface area contributed by atoms with Crippen LogP contribution in [-0.2, 0) is 0 Å². The highest BCUT2D eigenvalue weighted by atomic mass is 19.3. The number of halogens is 2. The number of hydrogen-bond donors (Lipinski definition) is 1. The summed E-state index contributed by atoms with van der Waals surface area (Å²) in [6.45, 7) is -0.746. The predicted molar refractivity (Wildman–Crippen MR) is 48.8 cm³/mol. The van der Waals surface area contributed by atoms with Crippen LogP contribution < -0.4 is 10.6 Å². The van der Waals surface area contributed by atoms with Crippen LogP contribution in [0.25, 0.3) is 0 Å². The number of nitrogens with two attached hydrogens (primary N) is 1. The van der Waals surface area contributed by atoms with E-state index >= 15 is 0 Å². The Balaban J connectivity index is 2.17.